The van der Waals surface area contributed by atoms with Crippen LogP contribution in [0.3, 0.4) is 0 Å². The standard InChI is InChI=1S/C17H25N3O3/c1-3-13(2)17(22)19-15-6-4-14(5-7-15)18-16(21)12-20-8-10-23-11-9-20/h4-7,13H,3,8-12H2,1-2H3,(H,18,21)(H,19,22). The van der Waals surface area contributed by atoms with Crippen molar-refractivity contribution >= 4 is 23.2 Å². The molecule has 6 nitrogen and oxygen atoms in total. The summed E-state index contributed by atoms with van der Waals surface area (Å²) in [6.07, 6.45) is 0.807. The molecule has 1 aliphatic rings. The molecule has 1 saturated heterocycles. The number of amides is 2. The lowest BCUT2D eigenvalue weighted by Crippen LogP contribution is -2.41. The van der Waals surface area contributed by atoms with Crippen LogP contribution in [0.15, 0.2) is 24.3 Å². The average molecular weight is 319 g/mol. The molecule has 1 heterocycles. The third kappa shape index (κ3) is 5.65. The lowest BCUT2D eigenvalue weighted by molar-refractivity contribution is -0.119. The minimum atomic E-state index is -0.0386. The van der Waals surface area contributed by atoms with Crippen molar-refractivity contribution in [3.63, 3.8) is 0 Å². The van der Waals surface area contributed by atoms with Crippen LogP contribution in [-0.2, 0) is 14.3 Å². The molecule has 1 aromatic rings. The van der Waals surface area contributed by atoms with Crippen LogP contribution in [0.5, 0.6) is 0 Å². The highest BCUT2D eigenvalue weighted by atomic mass is 16.5. The molecule has 1 fully saturated rings. The number of ether oxygens (including phenoxy) is 1. The summed E-state index contributed by atoms with van der Waals surface area (Å²) in [5.41, 5.74) is 1.46. The second-order valence-corrected chi connectivity index (χ2v) is 5.81. The van der Waals surface area contributed by atoms with Gasteiger partial charge in [0.2, 0.25) is 11.8 Å². The first-order valence-electron chi connectivity index (χ1n) is 8.09. The van der Waals surface area contributed by atoms with Crippen molar-refractivity contribution in [3.8, 4) is 0 Å². The van der Waals surface area contributed by atoms with Crippen LogP contribution in [0.25, 0.3) is 0 Å². The molecule has 0 aromatic heterocycles. The van der Waals surface area contributed by atoms with Crippen LogP contribution in [0, 0.1) is 5.92 Å². The van der Waals surface area contributed by atoms with E-state index in [9.17, 15) is 9.59 Å². The number of hydrogen-bond acceptors (Lipinski definition) is 4. The minimum Gasteiger partial charge on any atom is -0.379 e. The quantitative estimate of drug-likeness (QED) is 0.841. The lowest BCUT2D eigenvalue weighted by atomic mass is 10.1. The first-order chi connectivity index (χ1) is 11.1. The molecule has 2 amide bonds. The van der Waals surface area contributed by atoms with Gasteiger partial charge in [-0.05, 0) is 30.7 Å². The molecule has 0 saturated carbocycles. The van der Waals surface area contributed by atoms with E-state index in [-0.39, 0.29) is 17.7 Å². The van der Waals surface area contributed by atoms with Gasteiger partial charge in [0.1, 0.15) is 0 Å². The van der Waals surface area contributed by atoms with Crippen LogP contribution in [0.1, 0.15) is 20.3 Å². The van der Waals surface area contributed by atoms with E-state index in [1.165, 1.54) is 0 Å². The summed E-state index contributed by atoms with van der Waals surface area (Å²) < 4.78 is 5.26. The number of morpholine rings is 1. The van der Waals surface area contributed by atoms with Crippen molar-refractivity contribution < 1.29 is 14.3 Å². The van der Waals surface area contributed by atoms with Gasteiger partial charge in [-0.2, -0.15) is 0 Å². The number of benzene rings is 1. The molecule has 126 valence electrons. The van der Waals surface area contributed by atoms with Crippen molar-refractivity contribution in [2.45, 2.75) is 20.3 Å². The molecule has 0 radical (unpaired) electrons. The molecule has 0 bridgehead atoms. The number of carbonyl (C=O) groups excluding carboxylic acids is 2. The number of nitrogens with zero attached hydrogens (tertiary/aromatic N) is 1. The van der Waals surface area contributed by atoms with E-state index >= 15 is 0 Å². The Bertz CT molecular complexity index is 524. The van der Waals surface area contributed by atoms with Crippen LogP contribution in [-0.4, -0.2) is 49.6 Å². The zero-order valence-electron chi connectivity index (χ0n) is 13.8. The third-order valence-electron chi connectivity index (χ3n) is 3.97. The minimum absolute atomic E-state index is 0.0107. The summed E-state index contributed by atoms with van der Waals surface area (Å²) in [4.78, 5) is 25.9. The van der Waals surface area contributed by atoms with E-state index in [0.29, 0.717) is 19.8 Å². The summed E-state index contributed by atoms with van der Waals surface area (Å²) in [6.45, 7) is 7.18. The third-order valence-corrected chi connectivity index (χ3v) is 3.97. The predicted molar refractivity (Wildman–Crippen MR) is 90.4 cm³/mol. The maximum Gasteiger partial charge on any atom is 0.238 e. The van der Waals surface area contributed by atoms with Gasteiger partial charge in [-0.25, -0.2) is 0 Å². The first-order valence-corrected chi connectivity index (χ1v) is 8.09. The average Bonchev–Trinajstić information content (AvgIpc) is 2.56. The monoisotopic (exact) mass is 319 g/mol. The maximum atomic E-state index is 12.0. The van der Waals surface area contributed by atoms with Crippen molar-refractivity contribution in [1.82, 2.24) is 4.90 Å². The molecule has 2 rings (SSSR count). The largest absolute Gasteiger partial charge is 0.379 e. The van der Waals surface area contributed by atoms with Gasteiger partial charge in [0.05, 0.1) is 19.8 Å². The van der Waals surface area contributed by atoms with Crippen LogP contribution in [0.4, 0.5) is 11.4 Å². The van der Waals surface area contributed by atoms with Gasteiger partial charge >= 0.3 is 0 Å². The maximum absolute atomic E-state index is 12.0. The summed E-state index contributed by atoms with van der Waals surface area (Å²) >= 11 is 0. The Labute approximate surface area is 137 Å². The number of hydrogen-bond donors (Lipinski definition) is 2. The Kier molecular flexibility index (Phi) is 6.55. The zero-order chi connectivity index (χ0) is 16.7. The zero-order valence-corrected chi connectivity index (χ0v) is 13.8. The predicted octanol–water partition coefficient (Wildman–Crippen LogP) is 1.94. The Hall–Kier alpha value is -1.92. The SMILES string of the molecule is CCC(C)C(=O)Nc1ccc(NC(=O)CN2CCOCC2)cc1. The molecule has 0 aliphatic carbocycles. The van der Waals surface area contributed by atoms with Gasteiger partial charge in [0, 0.05) is 30.4 Å². The van der Waals surface area contributed by atoms with E-state index in [1.54, 1.807) is 24.3 Å². The van der Waals surface area contributed by atoms with E-state index < -0.39 is 0 Å². The Morgan fingerprint density at radius 3 is 2.26 bits per heavy atom. The number of anilines is 2. The molecule has 6 heteroatoms. The highest BCUT2D eigenvalue weighted by Crippen LogP contribution is 2.15. The van der Waals surface area contributed by atoms with Gasteiger partial charge in [-0.3, -0.25) is 14.5 Å². The molecule has 23 heavy (non-hydrogen) atoms. The van der Waals surface area contributed by atoms with Crippen molar-refractivity contribution in [2.75, 3.05) is 43.5 Å². The number of rotatable bonds is 6. The fraction of sp³-hybridized carbons (Fsp3) is 0.529. The molecule has 2 N–H and O–H groups in total. The molecular weight excluding hydrogens is 294 g/mol. The Balaban J connectivity index is 1.82. The fourth-order valence-corrected chi connectivity index (χ4v) is 2.25. The molecule has 1 unspecified atom stereocenters. The summed E-state index contributed by atoms with van der Waals surface area (Å²) in [5, 5.41) is 5.73. The molecule has 1 atom stereocenters. The first kappa shape index (κ1) is 17.4. The normalized spacial score (nSPS) is 16.6. The van der Waals surface area contributed by atoms with Crippen molar-refractivity contribution in [2.24, 2.45) is 5.92 Å². The van der Waals surface area contributed by atoms with E-state index in [2.05, 4.69) is 15.5 Å². The van der Waals surface area contributed by atoms with Crippen molar-refractivity contribution in [3.05, 3.63) is 24.3 Å². The molecular formula is C17H25N3O3. The van der Waals surface area contributed by atoms with Gasteiger partial charge in [0.15, 0.2) is 0 Å². The van der Waals surface area contributed by atoms with E-state index in [4.69, 9.17) is 4.74 Å². The Morgan fingerprint density at radius 2 is 1.70 bits per heavy atom. The van der Waals surface area contributed by atoms with E-state index in [1.807, 2.05) is 13.8 Å². The number of carbonyl (C=O) groups is 2. The highest BCUT2D eigenvalue weighted by molar-refractivity contribution is 5.94. The van der Waals surface area contributed by atoms with Gasteiger partial charge < -0.3 is 15.4 Å². The fourth-order valence-electron chi connectivity index (χ4n) is 2.25. The van der Waals surface area contributed by atoms with Gasteiger partial charge in [0.25, 0.3) is 0 Å². The smallest absolute Gasteiger partial charge is 0.238 e. The summed E-state index contributed by atoms with van der Waals surface area (Å²) in [7, 11) is 0. The number of nitrogens with one attached hydrogen (secondary N) is 2. The van der Waals surface area contributed by atoms with Crippen LogP contribution < -0.4 is 10.6 Å². The summed E-state index contributed by atoms with van der Waals surface area (Å²) in [6, 6.07) is 7.18. The second-order valence-electron chi connectivity index (χ2n) is 5.81. The Morgan fingerprint density at radius 1 is 1.13 bits per heavy atom. The molecule has 0 spiro atoms. The summed E-state index contributed by atoms with van der Waals surface area (Å²) in [5.74, 6) is -0.0391. The van der Waals surface area contributed by atoms with Crippen LogP contribution >= 0.6 is 0 Å². The van der Waals surface area contributed by atoms with Gasteiger partial charge in [-0.1, -0.05) is 13.8 Å². The van der Waals surface area contributed by atoms with Crippen molar-refractivity contribution in [1.29, 1.82) is 0 Å². The lowest BCUT2D eigenvalue weighted by Gasteiger charge is -2.25. The molecule has 1 aliphatic heterocycles. The van der Waals surface area contributed by atoms with Gasteiger partial charge in [-0.15, -0.1) is 0 Å². The van der Waals surface area contributed by atoms with E-state index in [0.717, 1.165) is 30.9 Å². The molecule has 1 aromatic carbocycles. The van der Waals surface area contributed by atoms with Crippen LogP contribution in [0.2, 0.25) is 0 Å². The topological polar surface area (TPSA) is 70.7 Å². The second kappa shape index (κ2) is 8.64. The highest BCUT2D eigenvalue weighted by Gasteiger charge is 2.14.